The van der Waals surface area contributed by atoms with Gasteiger partial charge in [0.05, 0.1) is 10.6 Å². The van der Waals surface area contributed by atoms with Gasteiger partial charge in [-0.3, -0.25) is 9.10 Å². The van der Waals surface area contributed by atoms with Crippen molar-refractivity contribution in [1.29, 1.82) is 0 Å². The van der Waals surface area contributed by atoms with E-state index >= 15 is 0 Å². The molecule has 0 aliphatic rings. The Hall–Kier alpha value is -3.42. The maximum atomic E-state index is 13.6. The van der Waals surface area contributed by atoms with Crippen LogP contribution in [0.25, 0.3) is 11.1 Å². The highest BCUT2D eigenvalue weighted by Crippen LogP contribution is 2.29. The van der Waals surface area contributed by atoms with Gasteiger partial charge in [0, 0.05) is 15.7 Å². The van der Waals surface area contributed by atoms with E-state index in [9.17, 15) is 13.2 Å². The predicted molar refractivity (Wildman–Crippen MR) is 140 cm³/mol. The molecule has 0 heterocycles. The summed E-state index contributed by atoms with van der Waals surface area (Å²) in [5.74, 6) is -0.445. The average molecular weight is 535 g/mol. The van der Waals surface area contributed by atoms with Gasteiger partial charge in [-0.1, -0.05) is 88.2 Å². The predicted octanol–water partition coefficient (Wildman–Crippen LogP) is 6.26. The zero-order chi connectivity index (χ0) is 24.1. The van der Waals surface area contributed by atoms with Gasteiger partial charge in [0.1, 0.15) is 6.54 Å². The summed E-state index contributed by atoms with van der Waals surface area (Å²) in [5.41, 5.74) is 3.76. The lowest BCUT2D eigenvalue weighted by molar-refractivity contribution is -0.114. The van der Waals surface area contributed by atoms with E-state index in [0.29, 0.717) is 15.8 Å². The van der Waals surface area contributed by atoms with Gasteiger partial charge < -0.3 is 5.32 Å². The molecule has 0 aromatic heterocycles. The summed E-state index contributed by atoms with van der Waals surface area (Å²) in [6.45, 7) is 1.51. The molecule has 0 aliphatic heterocycles. The largest absolute Gasteiger partial charge is 0.324 e. The normalized spacial score (nSPS) is 11.1. The zero-order valence-electron chi connectivity index (χ0n) is 18.5. The Balaban J connectivity index is 1.67. The van der Waals surface area contributed by atoms with E-state index in [1.165, 1.54) is 0 Å². The lowest BCUT2D eigenvalue weighted by atomic mass is 10.0. The summed E-state index contributed by atoms with van der Waals surface area (Å²) >= 11 is 3.40. The van der Waals surface area contributed by atoms with Crippen LogP contribution in [0, 0.1) is 6.92 Å². The highest BCUT2D eigenvalue weighted by atomic mass is 79.9. The molecule has 0 atom stereocenters. The Morgan fingerprint density at radius 1 is 0.853 bits per heavy atom. The maximum absolute atomic E-state index is 13.6. The molecule has 5 nitrogen and oxygen atoms in total. The Labute approximate surface area is 208 Å². The number of aryl methyl sites for hydroxylation is 1. The fourth-order valence-electron chi connectivity index (χ4n) is 3.57. The van der Waals surface area contributed by atoms with Crippen LogP contribution in [0.4, 0.5) is 11.4 Å². The van der Waals surface area contributed by atoms with Gasteiger partial charge in [0.15, 0.2) is 0 Å². The third-order valence-corrected chi connectivity index (χ3v) is 7.56. The van der Waals surface area contributed by atoms with Gasteiger partial charge in [0.2, 0.25) is 5.91 Å². The maximum Gasteiger partial charge on any atom is 0.264 e. The molecule has 0 unspecified atom stereocenters. The second-order valence-corrected chi connectivity index (χ2v) is 10.5. The minimum atomic E-state index is -3.99. The molecule has 0 saturated heterocycles. The van der Waals surface area contributed by atoms with Crippen LogP contribution in [0.1, 0.15) is 5.56 Å². The van der Waals surface area contributed by atoms with Crippen molar-refractivity contribution in [3.63, 3.8) is 0 Å². The van der Waals surface area contributed by atoms with Crippen molar-refractivity contribution in [3.8, 4) is 11.1 Å². The number of hydrogen-bond donors (Lipinski definition) is 1. The van der Waals surface area contributed by atoms with Crippen LogP contribution in [0.3, 0.4) is 0 Å². The summed E-state index contributed by atoms with van der Waals surface area (Å²) in [6.07, 6.45) is 0. The molecule has 1 amide bonds. The number of anilines is 2. The topological polar surface area (TPSA) is 66.5 Å². The van der Waals surface area contributed by atoms with Crippen molar-refractivity contribution in [2.45, 2.75) is 11.8 Å². The van der Waals surface area contributed by atoms with Crippen molar-refractivity contribution in [1.82, 2.24) is 0 Å². The van der Waals surface area contributed by atoms with E-state index in [0.717, 1.165) is 21.0 Å². The number of rotatable bonds is 7. The van der Waals surface area contributed by atoms with Crippen molar-refractivity contribution in [3.05, 3.63) is 113 Å². The molecule has 7 heteroatoms. The summed E-state index contributed by atoms with van der Waals surface area (Å²) in [5, 5.41) is 2.90. The quantitative estimate of drug-likeness (QED) is 0.304. The lowest BCUT2D eigenvalue weighted by Gasteiger charge is -2.24. The molecule has 0 radical (unpaired) electrons. The fraction of sp³-hybridized carbons (Fsp3) is 0.0741. The molecule has 0 spiro atoms. The fourth-order valence-corrected chi connectivity index (χ4v) is 5.37. The number of sulfonamides is 1. The number of amides is 1. The van der Waals surface area contributed by atoms with Crippen LogP contribution in [0.5, 0.6) is 0 Å². The van der Waals surface area contributed by atoms with E-state index in [1.54, 1.807) is 54.6 Å². The number of hydrogen-bond acceptors (Lipinski definition) is 3. The van der Waals surface area contributed by atoms with E-state index in [4.69, 9.17) is 0 Å². The smallest absolute Gasteiger partial charge is 0.264 e. The second-order valence-electron chi connectivity index (χ2n) is 7.76. The number of nitrogens with one attached hydrogen (secondary N) is 1. The minimum Gasteiger partial charge on any atom is -0.324 e. The van der Waals surface area contributed by atoms with Crippen molar-refractivity contribution in [2.24, 2.45) is 0 Å². The Morgan fingerprint density at radius 2 is 1.53 bits per heavy atom. The summed E-state index contributed by atoms with van der Waals surface area (Å²) in [6, 6.07) is 30.6. The van der Waals surface area contributed by atoms with Crippen LogP contribution >= 0.6 is 15.9 Å². The average Bonchev–Trinajstić information content (AvgIpc) is 2.83. The standard InChI is InChI=1S/C27H23BrN2O3S/c1-20-14-16-24(17-15-20)34(32,33)30(23-11-7-10-22(28)18-23)19-27(31)29-26-13-6-5-12-25(26)21-8-3-2-4-9-21/h2-18H,19H2,1H3,(H,29,31). The first kappa shape index (κ1) is 23.7. The molecule has 0 aliphatic carbocycles. The van der Waals surface area contributed by atoms with Gasteiger partial charge in [-0.05, 0) is 48.9 Å². The SMILES string of the molecule is Cc1ccc(S(=O)(=O)N(CC(=O)Nc2ccccc2-c2ccccc2)c2cccc(Br)c2)cc1. The minimum absolute atomic E-state index is 0.121. The Bertz CT molecular complexity index is 1410. The number of carbonyl (C=O) groups excluding carboxylic acids is 1. The summed E-state index contributed by atoms with van der Waals surface area (Å²) in [7, 11) is -3.99. The van der Waals surface area contributed by atoms with Crippen molar-refractivity contribution < 1.29 is 13.2 Å². The molecule has 1 N–H and O–H groups in total. The number of benzene rings is 4. The van der Waals surface area contributed by atoms with E-state index in [2.05, 4.69) is 21.2 Å². The van der Waals surface area contributed by atoms with Crippen LogP contribution in [-0.2, 0) is 14.8 Å². The Morgan fingerprint density at radius 3 is 2.24 bits per heavy atom. The second kappa shape index (κ2) is 10.2. The Kier molecular flexibility index (Phi) is 7.14. The molecule has 0 bridgehead atoms. The van der Waals surface area contributed by atoms with E-state index in [1.807, 2.05) is 55.5 Å². The first-order chi connectivity index (χ1) is 16.3. The third-order valence-electron chi connectivity index (χ3n) is 5.28. The van der Waals surface area contributed by atoms with Gasteiger partial charge in [-0.15, -0.1) is 0 Å². The lowest BCUT2D eigenvalue weighted by Crippen LogP contribution is -2.38. The highest BCUT2D eigenvalue weighted by Gasteiger charge is 2.27. The summed E-state index contributed by atoms with van der Waals surface area (Å²) < 4.78 is 29.0. The number of nitrogens with zero attached hydrogens (tertiary/aromatic N) is 1. The molecule has 0 saturated carbocycles. The first-order valence-electron chi connectivity index (χ1n) is 10.6. The number of halogens is 1. The molecular formula is C27H23BrN2O3S. The number of carbonyl (C=O) groups is 1. The van der Waals surface area contributed by atoms with Crippen LogP contribution in [-0.4, -0.2) is 20.9 Å². The molecule has 4 rings (SSSR count). The number of para-hydroxylation sites is 1. The monoisotopic (exact) mass is 534 g/mol. The van der Waals surface area contributed by atoms with E-state index in [-0.39, 0.29) is 11.4 Å². The van der Waals surface area contributed by atoms with E-state index < -0.39 is 15.9 Å². The molecule has 4 aromatic carbocycles. The van der Waals surface area contributed by atoms with Crippen molar-refractivity contribution in [2.75, 3.05) is 16.2 Å². The molecular weight excluding hydrogens is 512 g/mol. The molecule has 0 fully saturated rings. The third kappa shape index (κ3) is 5.38. The molecule has 4 aromatic rings. The van der Waals surface area contributed by atoms with Crippen LogP contribution in [0.15, 0.2) is 112 Å². The van der Waals surface area contributed by atoms with Crippen LogP contribution in [0.2, 0.25) is 0 Å². The van der Waals surface area contributed by atoms with Crippen LogP contribution < -0.4 is 9.62 Å². The summed E-state index contributed by atoms with van der Waals surface area (Å²) in [4.78, 5) is 13.3. The van der Waals surface area contributed by atoms with Crippen molar-refractivity contribution >= 4 is 43.2 Å². The highest BCUT2D eigenvalue weighted by molar-refractivity contribution is 9.10. The van der Waals surface area contributed by atoms with Gasteiger partial charge >= 0.3 is 0 Å². The molecule has 34 heavy (non-hydrogen) atoms. The molecule has 172 valence electrons. The van der Waals surface area contributed by atoms with Gasteiger partial charge in [-0.2, -0.15) is 0 Å². The van der Waals surface area contributed by atoms with Gasteiger partial charge in [-0.25, -0.2) is 8.42 Å². The zero-order valence-corrected chi connectivity index (χ0v) is 20.9. The van der Waals surface area contributed by atoms with Gasteiger partial charge in [0.25, 0.3) is 10.0 Å². The first-order valence-corrected chi connectivity index (χ1v) is 12.9.